The first kappa shape index (κ1) is 22.7. The summed E-state index contributed by atoms with van der Waals surface area (Å²) in [4.78, 5) is 13.1. The number of aliphatic hydroxyl groups excluding tert-OH is 2. The van der Waals surface area contributed by atoms with E-state index in [1.807, 2.05) is 54.6 Å². The van der Waals surface area contributed by atoms with Gasteiger partial charge in [0.05, 0.1) is 6.33 Å². The molecule has 0 saturated carbocycles. The van der Waals surface area contributed by atoms with Crippen molar-refractivity contribution in [1.82, 2.24) is 24.8 Å². The molecule has 1 aliphatic heterocycles. The first-order valence-corrected chi connectivity index (χ1v) is 11.4. The Kier molecular flexibility index (Phi) is 6.70. The fourth-order valence-corrected chi connectivity index (χ4v) is 4.30. The summed E-state index contributed by atoms with van der Waals surface area (Å²) in [6, 6.07) is 17.5. The highest BCUT2D eigenvalue weighted by atomic mass is 35.5. The molecule has 0 amide bonds. The average molecular weight is 481 g/mol. The highest BCUT2D eigenvalue weighted by Gasteiger charge is 2.44. The van der Waals surface area contributed by atoms with Crippen molar-refractivity contribution in [3.63, 3.8) is 0 Å². The zero-order valence-corrected chi connectivity index (χ0v) is 19.0. The van der Waals surface area contributed by atoms with Crippen LogP contribution in [0.2, 0.25) is 5.02 Å². The summed E-state index contributed by atoms with van der Waals surface area (Å²) in [5.74, 6) is 0.554. The molecule has 10 heteroatoms. The minimum Gasteiger partial charge on any atom is -0.387 e. The highest BCUT2D eigenvalue weighted by molar-refractivity contribution is 6.30. The first-order valence-electron chi connectivity index (χ1n) is 11.0. The number of hydrogen-bond acceptors (Lipinski definition) is 8. The van der Waals surface area contributed by atoms with Gasteiger partial charge in [0, 0.05) is 24.7 Å². The fraction of sp³-hybridized carbons (Fsp3) is 0.292. The van der Waals surface area contributed by atoms with Gasteiger partial charge in [-0.2, -0.15) is 0 Å². The van der Waals surface area contributed by atoms with Gasteiger partial charge in [0.1, 0.15) is 24.6 Å². The fourth-order valence-electron chi connectivity index (χ4n) is 4.08. The van der Waals surface area contributed by atoms with Crippen molar-refractivity contribution in [2.45, 2.75) is 37.6 Å². The Balaban J connectivity index is 1.28. The van der Waals surface area contributed by atoms with Crippen LogP contribution in [-0.4, -0.2) is 54.6 Å². The van der Waals surface area contributed by atoms with Crippen LogP contribution in [0, 0.1) is 0 Å². The van der Waals surface area contributed by atoms with Crippen LogP contribution in [0.25, 0.3) is 11.2 Å². The number of anilines is 1. The summed E-state index contributed by atoms with van der Waals surface area (Å²) >= 11 is 6.07. The Morgan fingerprint density at radius 3 is 2.59 bits per heavy atom. The Morgan fingerprint density at radius 2 is 1.76 bits per heavy atom. The topological polar surface area (TPSA) is 117 Å². The number of aliphatic hydroxyl groups is 2. The number of nitrogens with zero attached hydrogens (tertiary/aromatic N) is 4. The molecule has 5 rings (SSSR count). The molecule has 0 aliphatic carbocycles. The van der Waals surface area contributed by atoms with Gasteiger partial charge in [-0.3, -0.25) is 4.57 Å². The van der Waals surface area contributed by atoms with Gasteiger partial charge in [-0.15, -0.1) is 0 Å². The van der Waals surface area contributed by atoms with Crippen molar-refractivity contribution in [1.29, 1.82) is 0 Å². The third-order valence-corrected chi connectivity index (χ3v) is 6.07. The monoisotopic (exact) mass is 480 g/mol. The second-order valence-electron chi connectivity index (χ2n) is 8.19. The van der Waals surface area contributed by atoms with Crippen LogP contribution in [0.15, 0.2) is 67.3 Å². The Labute approximate surface area is 201 Å². The van der Waals surface area contributed by atoms with E-state index >= 15 is 0 Å². The quantitative estimate of drug-likeness (QED) is 0.304. The lowest BCUT2D eigenvalue weighted by Gasteiger charge is -2.16. The van der Waals surface area contributed by atoms with Gasteiger partial charge in [-0.05, 0) is 23.3 Å². The zero-order valence-electron chi connectivity index (χ0n) is 18.3. The van der Waals surface area contributed by atoms with Gasteiger partial charge in [-0.1, -0.05) is 54.1 Å². The molecule has 0 radical (unpaired) electrons. The first-order chi connectivity index (χ1) is 16.6. The SMILES string of the molecule is O[C@@H]1[C@H](O)[C@@H](CNCc2ccccc2)O[C@H]1n1cnc2c(NCc3cccc(Cl)c3)ncnc21. The maximum atomic E-state index is 10.7. The number of rotatable bonds is 8. The minimum absolute atomic E-state index is 0.387. The molecule has 3 heterocycles. The lowest BCUT2D eigenvalue weighted by atomic mass is 10.1. The third kappa shape index (κ3) is 4.75. The smallest absolute Gasteiger partial charge is 0.167 e. The van der Waals surface area contributed by atoms with Gasteiger partial charge >= 0.3 is 0 Å². The largest absolute Gasteiger partial charge is 0.387 e. The molecule has 176 valence electrons. The molecule has 1 saturated heterocycles. The predicted octanol–water partition coefficient (Wildman–Crippen LogP) is 2.50. The van der Waals surface area contributed by atoms with E-state index in [9.17, 15) is 10.2 Å². The van der Waals surface area contributed by atoms with Crippen molar-refractivity contribution < 1.29 is 14.9 Å². The molecule has 0 spiro atoms. The van der Waals surface area contributed by atoms with Crippen molar-refractivity contribution in [3.05, 3.63) is 83.4 Å². The van der Waals surface area contributed by atoms with Crippen LogP contribution >= 0.6 is 11.6 Å². The van der Waals surface area contributed by atoms with Gasteiger partial charge in [0.15, 0.2) is 23.2 Å². The van der Waals surface area contributed by atoms with E-state index in [1.165, 1.54) is 6.33 Å². The van der Waals surface area contributed by atoms with E-state index < -0.39 is 24.5 Å². The van der Waals surface area contributed by atoms with Crippen LogP contribution < -0.4 is 10.6 Å². The molecular formula is C24H25ClN6O3. The summed E-state index contributed by atoms with van der Waals surface area (Å²) in [6.45, 7) is 1.53. The molecule has 34 heavy (non-hydrogen) atoms. The maximum absolute atomic E-state index is 10.7. The molecule has 4 N–H and O–H groups in total. The number of benzene rings is 2. The zero-order chi connectivity index (χ0) is 23.5. The lowest BCUT2D eigenvalue weighted by molar-refractivity contribution is -0.0342. The van der Waals surface area contributed by atoms with E-state index in [0.29, 0.717) is 41.6 Å². The third-order valence-electron chi connectivity index (χ3n) is 5.84. The summed E-state index contributed by atoms with van der Waals surface area (Å²) in [5.41, 5.74) is 3.17. The molecule has 1 fully saturated rings. The Bertz CT molecular complexity index is 1250. The van der Waals surface area contributed by atoms with Crippen LogP contribution in [-0.2, 0) is 17.8 Å². The van der Waals surface area contributed by atoms with E-state index in [4.69, 9.17) is 16.3 Å². The predicted molar refractivity (Wildman–Crippen MR) is 128 cm³/mol. The Morgan fingerprint density at radius 1 is 0.941 bits per heavy atom. The van der Waals surface area contributed by atoms with Crippen LogP contribution in [0.1, 0.15) is 17.4 Å². The van der Waals surface area contributed by atoms with Gasteiger partial charge < -0.3 is 25.6 Å². The molecule has 4 atom stereocenters. The molecule has 2 aromatic carbocycles. The summed E-state index contributed by atoms with van der Waals surface area (Å²) in [6.07, 6.45) is -0.601. The molecule has 1 aliphatic rings. The normalized spacial score (nSPS) is 22.3. The number of halogens is 1. The molecular weight excluding hydrogens is 456 g/mol. The number of nitrogens with one attached hydrogen (secondary N) is 2. The second kappa shape index (κ2) is 10.0. The number of ether oxygens (including phenoxy) is 1. The average Bonchev–Trinajstić information content (AvgIpc) is 3.40. The Hall–Kier alpha value is -3.08. The number of imidazole rings is 1. The number of fused-ring (bicyclic) bond motifs is 1. The van der Waals surface area contributed by atoms with Gasteiger partial charge in [0.25, 0.3) is 0 Å². The van der Waals surface area contributed by atoms with Crippen molar-refractivity contribution >= 4 is 28.6 Å². The molecule has 2 aromatic heterocycles. The lowest BCUT2D eigenvalue weighted by Crippen LogP contribution is -2.37. The molecule has 9 nitrogen and oxygen atoms in total. The number of hydrogen-bond donors (Lipinski definition) is 4. The van der Waals surface area contributed by atoms with Gasteiger partial charge in [-0.25, -0.2) is 15.0 Å². The minimum atomic E-state index is -1.13. The van der Waals surface area contributed by atoms with E-state index in [2.05, 4.69) is 25.6 Å². The van der Waals surface area contributed by atoms with E-state index in [-0.39, 0.29) is 0 Å². The van der Waals surface area contributed by atoms with Crippen molar-refractivity contribution in [2.24, 2.45) is 0 Å². The summed E-state index contributed by atoms with van der Waals surface area (Å²) in [5, 5.41) is 28.5. The molecule has 0 bridgehead atoms. The highest BCUT2D eigenvalue weighted by Crippen LogP contribution is 2.32. The molecule has 0 unspecified atom stereocenters. The van der Waals surface area contributed by atoms with Crippen LogP contribution in [0.3, 0.4) is 0 Å². The van der Waals surface area contributed by atoms with Crippen LogP contribution in [0.4, 0.5) is 5.82 Å². The standard InChI is InChI=1S/C24H25ClN6O3/c25-17-8-4-7-16(9-17)11-27-22-19-23(29-13-28-22)31(14-30-19)24-21(33)20(32)18(34-24)12-26-10-15-5-2-1-3-6-15/h1-9,13-14,18,20-21,24,26,32-33H,10-12H2,(H,27,28,29)/t18-,20-,21-,24-/m1/s1. The summed E-state index contributed by atoms with van der Waals surface area (Å²) < 4.78 is 7.66. The number of aromatic nitrogens is 4. The maximum Gasteiger partial charge on any atom is 0.167 e. The van der Waals surface area contributed by atoms with E-state index in [0.717, 1.165) is 11.1 Å². The van der Waals surface area contributed by atoms with Crippen molar-refractivity contribution in [2.75, 3.05) is 11.9 Å². The van der Waals surface area contributed by atoms with Crippen LogP contribution in [0.5, 0.6) is 0 Å². The second-order valence-corrected chi connectivity index (χ2v) is 8.63. The van der Waals surface area contributed by atoms with E-state index in [1.54, 1.807) is 10.9 Å². The summed E-state index contributed by atoms with van der Waals surface area (Å²) in [7, 11) is 0. The van der Waals surface area contributed by atoms with Gasteiger partial charge in [0.2, 0.25) is 0 Å². The van der Waals surface area contributed by atoms with Crippen molar-refractivity contribution in [3.8, 4) is 0 Å². The molecule has 4 aromatic rings.